The molecule has 0 atom stereocenters. The van der Waals surface area contributed by atoms with Crippen molar-refractivity contribution in [3.63, 3.8) is 0 Å². The van der Waals surface area contributed by atoms with Crippen molar-refractivity contribution in [2.75, 3.05) is 17.7 Å². The molecule has 0 saturated heterocycles. The van der Waals surface area contributed by atoms with E-state index in [0.29, 0.717) is 31.9 Å². The number of fused-ring (bicyclic) bond motifs is 1. The smallest absolute Gasteiger partial charge is 0.350 e. The number of esters is 1. The van der Waals surface area contributed by atoms with E-state index in [1.807, 2.05) is 0 Å². The Balaban J connectivity index is 1.61. The summed E-state index contributed by atoms with van der Waals surface area (Å²) >= 11 is 2.20. The summed E-state index contributed by atoms with van der Waals surface area (Å²) < 4.78 is 4.94. The number of carbonyl (C=O) groups excluding carboxylic acids is 2. The lowest BCUT2D eigenvalue weighted by molar-refractivity contribution is -0.384. The first-order chi connectivity index (χ1) is 13.4. The zero-order chi connectivity index (χ0) is 20.3. The number of hydrogen-bond acceptors (Lipinski definition) is 9. The number of nitrogens with one attached hydrogen (secondary N) is 2. The molecule has 0 unspecified atom stereocenters. The van der Waals surface area contributed by atoms with Gasteiger partial charge in [-0.25, -0.2) is 14.8 Å². The van der Waals surface area contributed by atoms with Crippen LogP contribution in [0.5, 0.6) is 0 Å². The van der Waals surface area contributed by atoms with Crippen LogP contribution >= 0.6 is 23.1 Å². The van der Waals surface area contributed by atoms with Gasteiger partial charge in [0.1, 0.15) is 4.88 Å². The molecule has 3 aromatic rings. The topological polar surface area (TPSA) is 140 Å². The van der Waals surface area contributed by atoms with Crippen molar-refractivity contribution in [2.45, 2.75) is 19.0 Å². The third kappa shape index (κ3) is 4.46. The Morgan fingerprint density at radius 1 is 1.39 bits per heavy atom. The van der Waals surface area contributed by atoms with Gasteiger partial charge in [-0.15, -0.1) is 0 Å². The van der Waals surface area contributed by atoms with Gasteiger partial charge >= 0.3 is 5.97 Å². The highest BCUT2D eigenvalue weighted by Gasteiger charge is 2.18. The number of nitro benzene ring substituents is 1. The molecule has 0 radical (unpaired) electrons. The van der Waals surface area contributed by atoms with Crippen LogP contribution in [-0.4, -0.2) is 44.1 Å². The number of imidazole rings is 1. The molecule has 0 aliphatic rings. The maximum absolute atomic E-state index is 12.1. The minimum Gasteiger partial charge on any atom is -0.462 e. The summed E-state index contributed by atoms with van der Waals surface area (Å²) in [6, 6.07) is 4.31. The Bertz CT molecular complexity index is 1060. The van der Waals surface area contributed by atoms with E-state index in [1.54, 1.807) is 19.9 Å². The molecule has 2 aromatic heterocycles. The number of anilines is 1. The SMILES string of the molecule is CCOC(=O)c1sc(NC(=O)CSc2nc3ccc([N+](=O)[O-])cc3[nH]2)nc1C. The van der Waals surface area contributed by atoms with Crippen LogP contribution in [-0.2, 0) is 9.53 Å². The number of non-ortho nitro benzene ring substituents is 1. The molecule has 2 N–H and O–H groups in total. The number of carbonyl (C=O) groups is 2. The van der Waals surface area contributed by atoms with Gasteiger partial charge in [0.15, 0.2) is 10.3 Å². The Hall–Kier alpha value is -2.99. The van der Waals surface area contributed by atoms with E-state index < -0.39 is 10.9 Å². The van der Waals surface area contributed by atoms with Crippen LogP contribution in [0.2, 0.25) is 0 Å². The molecule has 12 heteroatoms. The van der Waals surface area contributed by atoms with Gasteiger partial charge in [-0.05, 0) is 19.9 Å². The number of amides is 1. The van der Waals surface area contributed by atoms with Gasteiger partial charge in [0.25, 0.3) is 5.69 Å². The Morgan fingerprint density at radius 2 is 2.18 bits per heavy atom. The fraction of sp³-hybridized carbons (Fsp3) is 0.250. The molecule has 0 fully saturated rings. The highest BCUT2D eigenvalue weighted by atomic mass is 32.2. The second kappa shape index (κ2) is 8.35. The van der Waals surface area contributed by atoms with Gasteiger partial charge in [0.05, 0.1) is 34.0 Å². The fourth-order valence-electron chi connectivity index (χ4n) is 2.28. The maximum Gasteiger partial charge on any atom is 0.350 e. The van der Waals surface area contributed by atoms with E-state index in [4.69, 9.17) is 4.74 Å². The number of rotatable bonds is 7. The van der Waals surface area contributed by atoms with Crippen molar-refractivity contribution in [3.8, 4) is 0 Å². The predicted molar refractivity (Wildman–Crippen MR) is 105 cm³/mol. The van der Waals surface area contributed by atoms with E-state index in [9.17, 15) is 19.7 Å². The van der Waals surface area contributed by atoms with Crippen LogP contribution in [0.25, 0.3) is 11.0 Å². The lowest BCUT2D eigenvalue weighted by atomic mass is 10.3. The highest BCUT2D eigenvalue weighted by Crippen LogP contribution is 2.25. The van der Waals surface area contributed by atoms with Crippen molar-refractivity contribution in [2.24, 2.45) is 0 Å². The van der Waals surface area contributed by atoms with E-state index >= 15 is 0 Å². The summed E-state index contributed by atoms with van der Waals surface area (Å²) in [7, 11) is 0. The third-order valence-electron chi connectivity index (χ3n) is 3.50. The van der Waals surface area contributed by atoms with Crippen LogP contribution in [0.3, 0.4) is 0 Å². The van der Waals surface area contributed by atoms with Crippen LogP contribution < -0.4 is 5.32 Å². The van der Waals surface area contributed by atoms with Crippen molar-refractivity contribution in [1.29, 1.82) is 0 Å². The number of aromatic amines is 1. The van der Waals surface area contributed by atoms with Crippen LogP contribution in [0, 0.1) is 17.0 Å². The number of benzene rings is 1. The summed E-state index contributed by atoms with van der Waals surface area (Å²) in [4.78, 5) is 46.0. The number of aromatic nitrogens is 3. The van der Waals surface area contributed by atoms with Gasteiger partial charge in [-0.2, -0.15) is 0 Å². The molecule has 0 saturated carbocycles. The molecular weight excluding hydrogens is 406 g/mol. The lowest BCUT2D eigenvalue weighted by Crippen LogP contribution is -2.13. The van der Waals surface area contributed by atoms with E-state index in [1.165, 1.54) is 12.1 Å². The quantitative estimate of drug-likeness (QED) is 0.257. The van der Waals surface area contributed by atoms with Crippen molar-refractivity contribution in [3.05, 3.63) is 38.9 Å². The third-order valence-corrected chi connectivity index (χ3v) is 5.42. The number of thiazole rings is 1. The number of hydrogen-bond donors (Lipinski definition) is 2. The van der Waals surface area contributed by atoms with Crippen LogP contribution in [0.4, 0.5) is 10.8 Å². The number of aryl methyl sites for hydroxylation is 1. The monoisotopic (exact) mass is 421 g/mol. The largest absolute Gasteiger partial charge is 0.462 e. The minimum absolute atomic E-state index is 0.0398. The van der Waals surface area contributed by atoms with Crippen LogP contribution in [0.15, 0.2) is 23.4 Å². The second-order valence-electron chi connectivity index (χ2n) is 5.49. The number of nitro groups is 1. The molecule has 0 aliphatic carbocycles. The summed E-state index contributed by atoms with van der Waals surface area (Å²) in [5, 5.41) is 14.2. The molecule has 3 rings (SSSR count). The standard InChI is InChI=1S/C16H15N5O5S2/c1-3-26-14(23)13-8(2)17-16(28-13)20-12(22)7-27-15-18-10-5-4-9(21(24)25)6-11(10)19-15/h4-6H,3,7H2,1-2H3,(H,18,19)(H,17,20,22). The zero-order valence-corrected chi connectivity index (χ0v) is 16.5. The molecule has 0 bridgehead atoms. The summed E-state index contributed by atoms with van der Waals surface area (Å²) in [6.45, 7) is 3.64. The second-order valence-corrected chi connectivity index (χ2v) is 7.45. The van der Waals surface area contributed by atoms with E-state index in [-0.39, 0.29) is 24.0 Å². The maximum atomic E-state index is 12.1. The molecule has 146 valence electrons. The first-order valence-electron chi connectivity index (χ1n) is 8.08. The normalized spacial score (nSPS) is 10.8. The van der Waals surface area contributed by atoms with Crippen molar-refractivity contribution >= 4 is 56.8 Å². The van der Waals surface area contributed by atoms with Gasteiger partial charge < -0.3 is 15.0 Å². The average molecular weight is 421 g/mol. The first-order valence-corrected chi connectivity index (χ1v) is 9.89. The Labute approximate surface area is 166 Å². The van der Waals surface area contributed by atoms with Crippen molar-refractivity contribution < 1.29 is 19.2 Å². The molecule has 1 aromatic carbocycles. The minimum atomic E-state index is -0.485. The summed E-state index contributed by atoms with van der Waals surface area (Å²) in [6.07, 6.45) is 0. The molecule has 2 heterocycles. The molecule has 1 amide bonds. The predicted octanol–water partition coefficient (Wildman–Crippen LogP) is 3.14. The number of ether oxygens (including phenoxy) is 1. The zero-order valence-electron chi connectivity index (χ0n) is 14.8. The molecule has 0 aliphatic heterocycles. The number of H-pyrrole nitrogens is 1. The number of thioether (sulfide) groups is 1. The van der Waals surface area contributed by atoms with Crippen LogP contribution in [0.1, 0.15) is 22.3 Å². The molecule has 0 spiro atoms. The summed E-state index contributed by atoms with van der Waals surface area (Å²) in [5.41, 5.74) is 1.54. The van der Waals surface area contributed by atoms with E-state index in [0.717, 1.165) is 23.1 Å². The van der Waals surface area contributed by atoms with Gasteiger partial charge in [0, 0.05) is 12.1 Å². The van der Waals surface area contributed by atoms with Crippen molar-refractivity contribution in [1.82, 2.24) is 15.0 Å². The first kappa shape index (κ1) is 19.8. The van der Waals surface area contributed by atoms with E-state index in [2.05, 4.69) is 20.3 Å². The Morgan fingerprint density at radius 3 is 2.89 bits per heavy atom. The molecular formula is C16H15N5O5S2. The van der Waals surface area contributed by atoms with Gasteiger partial charge in [-0.3, -0.25) is 14.9 Å². The number of nitrogens with zero attached hydrogens (tertiary/aromatic N) is 3. The van der Waals surface area contributed by atoms with Gasteiger partial charge in [-0.1, -0.05) is 23.1 Å². The summed E-state index contributed by atoms with van der Waals surface area (Å²) in [5.74, 6) is -0.737. The fourth-order valence-corrected chi connectivity index (χ4v) is 3.84. The average Bonchev–Trinajstić information content (AvgIpc) is 3.22. The van der Waals surface area contributed by atoms with Gasteiger partial charge in [0.2, 0.25) is 5.91 Å². The lowest BCUT2D eigenvalue weighted by Gasteiger charge is -1.99. The molecule has 10 nitrogen and oxygen atoms in total. The molecule has 28 heavy (non-hydrogen) atoms. The highest BCUT2D eigenvalue weighted by molar-refractivity contribution is 7.99. The Kier molecular flexibility index (Phi) is 5.90.